The monoisotopic (exact) mass is 372 g/mol. The van der Waals surface area contributed by atoms with E-state index in [4.69, 9.17) is 15.2 Å². The summed E-state index contributed by atoms with van der Waals surface area (Å²) in [5.74, 6) is 1.07. The Labute approximate surface area is 157 Å². The Morgan fingerprint density at radius 1 is 1.19 bits per heavy atom. The molecular weight excluding hydrogens is 348 g/mol. The van der Waals surface area contributed by atoms with Crippen molar-refractivity contribution in [2.75, 3.05) is 26.3 Å². The van der Waals surface area contributed by atoms with Gasteiger partial charge >= 0.3 is 0 Å². The molecule has 0 unspecified atom stereocenters. The number of likely N-dealkylation sites (tertiary alicyclic amines) is 1. The summed E-state index contributed by atoms with van der Waals surface area (Å²) in [5, 5.41) is 6.79. The van der Waals surface area contributed by atoms with Crippen LogP contribution in [-0.2, 0) is 4.79 Å². The fourth-order valence-electron chi connectivity index (χ4n) is 3.15. The average Bonchev–Trinajstić information content (AvgIpc) is 3.18. The second kappa shape index (κ2) is 8.57. The van der Waals surface area contributed by atoms with Crippen LogP contribution in [0.25, 0.3) is 0 Å². The summed E-state index contributed by atoms with van der Waals surface area (Å²) in [7, 11) is 0. The van der Waals surface area contributed by atoms with E-state index < -0.39 is 5.91 Å². The number of hydrogen-bond donors (Lipinski definition) is 2. The first kappa shape index (κ1) is 18.8. The van der Waals surface area contributed by atoms with Gasteiger partial charge in [-0.15, -0.1) is 0 Å². The van der Waals surface area contributed by atoms with Gasteiger partial charge in [-0.1, -0.05) is 0 Å². The number of carbonyl (C=O) groups is 2. The lowest BCUT2D eigenvalue weighted by atomic mass is 9.93. The SMILES string of the molecule is CCOc1ccc(OCC(=O)N2CCC(c3cc(C(N)=O)n[nH]3)CC2)cc1. The number of rotatable bonds is 7. The minimum absolute atomic E-state index is 0.00846. The molecule has 27 heavy (non-hydrogen) atoms. The molecule has 3 N–H and O–H groups in total. The van der Waals surface area contributed by atoms with Crippen LogP contribution in [0.1, 0.15) is 41.9 Å². The second-order valence-electron chi connectivity index (χ2n) is 6.42. The third kappa shape index (κ3) is 4.78. The zero-order valence-corrected chi connectivity index (χ0v) is 15.3. The largest absolute Gasteiger partial charge is 0.494 e. The van der Waals surface area contributed by atoms with Crippen LogP contribution >= 0.6 is 0 Å². The zero-order valence-electron chi connectivity index (χ0n) is 15.3. The van der Waals surface area contributed by atoms with Crippen LogP contribution in [0.15, 0.2) is 30.3 Å². The Bertz CT molecular complexity index is 779. The number of aromatic nitrogens is 2. The van der Waals surface area contributed by atoms with Crippen molar-refractivity contribution in [3.63, 3.8) is 0 Å². The summed E-state index contributed by atoms with van der Waals surface area (Å²) >= 11 is 0. The lowest BCUT2D eigenvalue weighted by Crippen LogP contribution is -2.40. The highest BCUT2D eigenvalue weighted by atomic mass is 16.5. The topological polar surface area (TPSA) is 111 Å². The fourth-order valence-corrected chi connectivity index (χ4v) is 3.15. The number of aromatic amines is 1. The molecule has 0 saturated carbocycles. The Kier molecular flexibility index (Phi) is 5.95. The quantitative estimate of drug-likeness (QED) is 0.768. The number of nitrogens with zero attached hydrogens (tertiary/aromatic N) is 2. The lowest BCUT2D eigenvalue weighted by Gasteiger charge is -2.31. The number of H-pyrrole nitrogens is 1. The molecule has 0 aliphatic carbocycles. The molecule has 3 rings (SSSR count). The van der Waals surface area contributed by atoms with E-state index in [1.807, 2.05) is 19.1 Å². The van der Waals surface area contributed by atoms with Crippen molar-refractivity contribution in [2.24, 2.45) is 5.73 Å². The maximum atomic E-state index is 12.4. The minimum Gasteiger partial charge on any atom is -0.494 e. The number of nitrogens with one attached hydrogen (secondary N) is 1. The molecule has 2 aromatic rings. The fraction of sp³-hybridized carbons (Fsp3) is 0.421. The molecule has 1 aliphatic rings. The molecule has 1 fully saturated rings. The van der Waals surface area contributed by atoms with E-state index in [0.717, 1.165) is 24.3 Å². The van der Waals surface area contributed by atoms with Gasteiger partial charge in [0.05, 0.1) is 6.61 Å². The van der Waals surface area contributed by atoms with Crippen LogP contribution in [-0.4, -0.2) is 53.2 Å². The van der Waals surface area contributed by atoms with Crippen molar-refractivity contribution in [1.29, 1.82) is 0 Å². The molecule has 2 amide bonds. The van der Waals surface area contributed by atoms with Gasteiger partial charge in [0, 0.05) is 24.7 Å². The first-order valence-electron chi connectivity index (χ1n) is 9.05. The molecule has 1 aromatic carbocycles. The molecule has 8 heteroatoms. The summed E-state index contributed by atoms with van der Waals surface area (Å²) < 4.78 is 11.0. The number of piperidine rings is 1. The normalized spacial score (nSPS) is 14.8. The van der Waals surface area contributed by atoms with Gasteiger partial charge in [0.25, 0.3) is 11.8 Å². The van der Waals surface area contributed by atoms with Crippen molar-refractivity contribution < 1.29 is 19.1 Å². The van der Waals surface area contributed by atoms with Crippen LogP contribution in [0.5, 0.6) is 11.5 Å². The zero-order chi connectivity index (χ0) is 19.2. The van der Waals surface area contributed by atoms with E-state index in [0.29, 0.717) is 25.4 Å². The number of primary amides is 1. The van der Waals surface area contributed by atoms with Crippen LogP contribution in [0.2, 0.25) is 0 Å². The molecule has 0 bridgehead atoms. The van der Waals surface area contributed by atoms with Gasteiger partial charge in [-0.2, -0.15) is 5.10 Å². The van der Waals surface area contributed by atoms with Crippen LogP contribution in [0.3, 0.4) is 0 Å². The van der Waals surface area contributed by atoms with Crippen molar-refractivity contribution >= 4 is 11.8 Å². The Morgan fingerprint density at radius 2 is 1.81 bits per heavy atom. The van der Waals surface area contributed by atoms with Crippen molar-refractivity contribution in [3.05, 3.63) is 41.7 Å². The Balaban J connectivity index is 1.45. The first-order valence-corrected chi connectivity index (χ1v) is 9.05. The third-order valence-corrected chi connectivity index (χ3v) is 4.63. The molecule has 0 spiro atoms. The molecule has 8 nitrogen and oxygen atoms in total. The molecule has 0 atom stereocenters. The number of carbonyl (C=O) groups excluding carboxylic acids is 2. The summed E-state index contributed by atoms with van der Waals surface area (Å²) in [6, 6.07) is 8.91. The van der Waals surface area contributed by atoms with E-state index in [9.17, 15) is 9.59 Å². The van der Waals surface area contributed by atoms with Gasteiger partial charge in [0.1, 0.15) is 17.2 Å². The van der Waals surface area contributed by atoms with Gasteiger partial charge in [-0.25, -0.2) is 0 Å². The molecule has 1 aliphatic heterocycles. The Hall–Kier alpha value is -3.03. The average molecular weight is 372 g/mol. The van der Waals surface area contributed by atoms with Gasteiger partial charge in [-0.05, 0) is 50.1 Å². The Morgan fingerprint density at radius 3 is 2.37 bits per heavy atom. The number of hydrogen-bond acceptors (Lipinski definition) is 5. The number of benzene rings is 1. The molecule has 1 aromatic heterocycles. The predicted octanol–water partition coefficient (Wildman–Crippen LogP) is 1.69. The summed E-state index contributed by atoms with van der Waals surface area (Å²) in [6.07, 6.45) is 1.60. The van der Waals surface area contributed by atoms with Crippen LogP contribution in [0, 0.1) is 0 Å². The number of amides is 2. The molecule has 0 radical (unpaired) electrons. The maximum absolute atomic E-state index is 12.4. The van der Waals surface area contributed by atoms with Crippen LogP contribution in [0.4, 0.5) is 0 Å². The maximum Gasteiger partial charge on any atom is 0.269 e. The molecule has 2 heterocycles. The lowest BCUT2D eigenvalue weighted by molar-refractivity contribution is -0.134. The van der Waals surface area contributed by atoms with Gasteiger partial charge in [-0.3, -0.25) is 14.7 Å². The second-order valence-corrected chi connectivity index (χ2v) is 6.42. The van der Waals surface area contributed by atoms with E-state index >= 15 is 0 Å². The number of ether oxygens (including phenoxy) is 2. The van der Waals surface area contributed by atoms with E-state index in [1.54, 1.807) is 23.1 Å². The van der Waals surface area contributed by atoms with Crippen molar-refractivity contribution in [2.45, 2.75) is 25.7 Å². The number of nitrogens with two attached hydrogens (primary N) is 1. The van der Waals surface area contributed by atoms with E-state index in [-0.39, 0.29) is 24.1 Å². The summed E-state index contributed by atoms with van der Waals surface area (Å²) in [4.78, 5) is 25.3. The first-order chi connectivity index (χ1) is 13.1. The van der Waals surface area contributed by atoms with Crippen LogP contribution < -0.4 is 15.2 Å². The minimum atomic E-state index is -0.545. The summed E-state index contributed by atoms with van der Waals surface area (Å²) in [6.45, 7) is 3.82. The molecule has 1 saturated heterocycles. The van der Waals surface area contributed by atoms with Gasteiger partial charge in [0.15, 0.2) is 6.61 Å². The highest BCUT2D eigenvalue weighted by Gasteiger charge is 2.25. The van der Waals surface area contributed by atoms with E-state index in [2.05, 4.69) is 10.2 Å². The standard InChI is InChI=1S/C19H24N4O4/c1-2-26-14-3-5-15(6-4-14)27-12-18(24)23-9-7-13(8-10-23)16-11-17(19(20)25)22-21-16/h3-6,11,13H,2,7-10,12H2,1H3,(H2,20,25)(H,21,22). The molecular formula is C19H24N4O4. The van der Waals surface area contributed by atoms with Crippen molar-refractivity contribution in [3.8, 4) is 11.5 Å². The van der Waals surface area contributed by atoms with Gasteiger partial charge in [0.2, 0.25) is 0 Å². The highest BCUT2D eigenvalue weighted by Crippen LogP contribution is 2.27. The summed E-state index contributed by atoms with van der Waals surface area (Å²) in [5.41, 5.74) is 6.36. The predicted molar refractivity (Wildman–Crippen MR) is 98.8 cm³/mol. The van der Waals surface area contributed by atoms with E-state index in [1.165, 1.54) is 0 Å². The smallest absolute Gasteiger partial charge is 0.269 e. The highest BCUT2D eigenvalue weighted by molar-refractivity contribution is 5.90. The van der Waals surface area contributed by atoms with Gasteiger partial charge < -0.3 is 20.1 Å². The van der Waals surface area contributed by atoms with Crippen molar-refractivity contribution in [1.82, 2.24) is 15.1 Å². The molecule has 144 valence electrons. The third-order valence-electron chi connectivity index (χ3n) is 4.63.